The van der Waals surface area contributed by atoms with Crippen molar-refractivity contribution < 1.29 is 9.59 Å². The van der Waals surface area contributed by atoms with Crippen LogP contribution in [0.4, 0.5) is 0 Å². The largest absolute Gasteiger partial charge is 0.349 e. The maximum Gasteiger partial charge on any atom is 0.263 e. The van der Waals surface area contributed by atoms with E-state index in [9.17, 15) is 9.59 Å². The van der Waals surface area contributed by atoms with Gasteiger partial charge in [-0.25, -0.2) is 0 Å². The zero-order valence-corrected chi connectivity index (χ0v) is 17.6. The van der Waals surface area contributed by atoms with Crippen LogP contribution in [-0.2, 0) is 7.05 Å². The van der Waals surface area contributed by atoms with Crippen LogP contribution in [-0.4, -0.2) is 45.6 Å². The Hall–Kier alpha value is -2.71. The smallest absolute Gasteiger partial charge is 0.263 e. The normalized spacial score (nSPS) is 15.3. The van der Waals surface area contributed by atoms with Crippen LogP contribution in [0.1, 0.15) is 32.9 Å². The molecule has 0 radical (unpaired) electrons. The molecule has 0 unspecified atom stereocenters. The molecule has 1 fully saturated rings. The average molecular weight is 425 g/mol. The van der Waals surface area contributed by atoms with Crippen LogP contribution >= 0.6 is 22.7 Å². The number of thiophene rings is 2. The van der Waals surface area contributed by atoms with E-state index in [1.807, 2.05) is 23.1 Å². The fourth-order valence-corrected chi connectivity index (χ4v) is 6.29. The summed E-state index contributed by atoms with van der Waals surface area (Å²) >= 11 is 3.33. The van der Waals surface area contributed by atoms with Gasteiger partial charge in [0, 0.05) is 47.2 Å². The highest BCUT2D eigenvalue weighted by molar-refractivity contribution is 7.33. The van der Waals surface area contributed by atoms with Gasteiger partial charge in [0.15, 0.2) is 0 Å². The van der Waals surface area contributed by atoms with Gasteiger partial charge in [-0.1, -0.05) is 18.2 Å². The van der Waals surface area contributed by atoms with Crippen molar-refractivity contribution in [1.29, 1.82) is 0 Å². The van der Waals surface area contributed by atoms with Crippen LogP contribution in [0.2, 0.25) is 0 Å². The number of benzene rings is 1. The standard InChI is InChI=1S/C21H20N4O2S2/c1-24-12-13(11-22-24)20(26)23-14-6-8-25(9-7-14)21(27)18-10-17-19(29-18)15-4-2-3-5-16(15)28-17/h2-5,10-12,14H,6-9H2,1H3,(H,23,26). The number of aryl methyl sites for hydroxylation is 1. The van der Waals surface area contributed by atoms with Gasteiger partial charge in [-0.3, -0.25) is 14.3 Å². The lowest BCUT2D eigenvalue weighted by molar-refractivity contribution is 0.0703. The first-order valence-corrected chi connectivity index (χ1v) is 11.2. The van der Waals surface area contributed by atoms with E-state index in [4.69, 9.17) is 0 Å². The summed E-state index contributed by atoms with van der Waals surface area (Å²) in [6, 6.07) is 10.5. The molecule has 148 valence electrons. The highest BCUT2D eigenvalue weighted by Gasteiger charge is 2.26. The minimum absolute atomic E-state index is 0.0857. The number of nitrogens with zero attached hydrogens (tertiary/aromatic N) is 3. The summed E-state index contributed by atoms with van der Waals surface area (Å²) in [5.74, 6) is -0.00670. The van der Waals surface area contributed by atoms with Crippen molar-refractivity contribution >= 4 is 54.0 Å². The molecule has 0 bridgehead atoms. The Kier molecular flexibility index (Phi) is 4.60. The zero-order valence-electron chi connectivity index (χ0n) is 15.9. The van der Waals surface area contributed by atoms with Crippen LogP contribution in [0, 0.1) is 0 Å². The van der Waals surface area contributed by atoms with E-state index in [0.717, 1.165) is 17.7 Å². The molecule has 29 heavy (non-hydrogen) atoms. The van der Waals surface area contributed by atoms with Crippen molar-refractivity contribution in [3.63, 3.8) is 0 Å². The van der Waals surface area contributed by atoms with Crippen LogP contribution in [0.25, 0.3) is 19.5 Å². The topological polar surface area (TPSA) is 67.2 Å². The predicted octanol–water partition coefficient (Wildman–Crippen LogP) is 3.88. The van der Waals surface area contributed by atoms with Crippen molar-refractivity contribution in [1.82, 2.24) is 20.0 Å². The number of likely N-dealkylation sites (tertiary alicyclic amines) is 1. The van der Waals surface area contributed by atoms with Crippen LogP contribution in [0.3, 0.4) is 0 Å². The van der Waals surface area contributed by atoms with Gasteiger partial charge >= 0.3 is 0 Å². The number of hydrogen-bond donors (Lipinski definition) is 1. The molecule has 8 heteroatoms. The lowest BCUT2D eigenvalue weighted by Crippen LogP contribution is -2.46. The Labute approximate surface area is 175 Å². The van der Waals surface area contributed by atoms with Gasteiger partial charge in [0.1, 0.15) is 0 Å². The SMILES string of the molecule is Cn1cc(C(=O)NC2CCN(C(=O)c3cc4sc5ccccc5c4s3)CC2)cn1. The number of amides is 2. The summed E-state index contributed by atoms with van der Waals surface area (Å²) in [7, 11) is 1.79. The van der Waals surface area contributed by atoms with E-state index < -0.39 is 0 Å². The van der Waals surface area contributed by atoms with E-state index in [1.165, 1.54) is 19.5 Å². The predicted molar refractivity (Wildman–Crippen MR) is 117 cm³/mol. The van der Waals surface area contributed by atoms with Crippen molar-refractivity contribution in [3.8, 4) is 0 Å². The van der Waals surface area contributed by atoms with E-state index in [1.54, 1.807) is 46.8 Å². The van der Waals surface area contributed by atoms with Gasteiger partial charge in [-0.2, -0.15) is 5.10 Å². The van der Waals surface area contributed by atoms with Crippen molar-refractivity contribution in [2.45, 2.75) is 18.9 Å². The molecule has 1 aromatic carbocycles. The summed E-state index contributed by atoms with van der Waals surface area (Å²) < 4.78 is 5.26. The average Bonchev–Trinajstić information content (AvgIpc) is 3.42. The molecule has 1 N–H and O–H groups in total. The Morgan fingerprint density at radius 3 is 2.69 bits per heavy atom. The second-order valence-electron chi connectivity index (χ2n) is 7.34. The first-order chi connectivity index (χ1) is 14.1. The molecule has 1 saturated heterocycles. The van der Waals surface area contributed by atoms with Crippen LogP contribution < -0.4 is 5.32 Å². The second kappa shape index (κ2) is 7.27. The van der Waals surface area contributed by atoms with Crippen molar-refractivity contribution in [2.75, 3.05) is 13.1 Å². The molecule has 0 spiro atoms. The molecule has 6 nitrogen and oxygen atoms in total. The number of piperidine rings is 1. The number of carbonyl (C=O) groups is 2. The lowest BCUT2D eigenvalue weighted by Gasteiger charge is -2.32. The molecule has 5 rings (SSSR count). The van der Waals surface area contributed by atoms with E-state index >= 15 is 0 Å². The first-order valence-electron chi connectivity index (χ1n) is 9.58. The third kappa shape index (κ3) is 3.42. The molecule has 1 aliphatic heterocycles. The Balaban J connectivity index is 1.24. The van der Waals surface area contributed by atoms with Gasteiger partial charge < -0.3 is 10.2 Å². The Morgan fingerprint density at radius 2 is 1.93 bits per heavy atom. The number of nitrogens with one attached hydrogen (secondary N) is 1. The first kappa shape index (κ1) is 18.3. The molecular weight excluding hydrogens is 404 g/mol. The van der Waals surface area contributed by atoms with E-state index in [2.05, 4.69) is 22.5 Å². The summed E-state index contributed by atoms with van der Waals surface area (Å²) in [6.45, 7) is 1.31. The fraction of sp³-hybridized carbons (Fsp3) is 0.286. The van der Waals surface area contributed by atoms with Gasteiger partial charge in [0.05, 0.1) is 21.3 Å². The molecule has 0 aliphatic carbocycles. The van der Waals surface area contributed by atoms with Gasteiger partial charge in [-0.15, -0.1) is 22.7 Å². The lowest BCUT2D eigenvalue weighted by atomic mass is 10.0. The number of fused-ring (bicyclic) bond motifs is 3. The molecule has 3 aromatic heterocycles. The third-order valence-electron chi connectivity index (χ3n) is 5.34. The number of carbonyl (C=O) groups excluding carboxylic acids is 2. The zero-order chi connectivity index (χ0) is 20.0. The number of rotatable bonds is 3. The summed E-state index contributed by atoms with van der Waals surface area (Å²) in [6.07, 6.45) is 4.81. The third-order valence-corrected chi connectivity index (χ3v) is 7.75. The maximum absolute atomic E-state index is 13.0. The van der Waals surface area contributed by atoms with Gasteiger partial charge in [-0.05, 0) is 25.0 Å². The van der Waals surface area contributed by atoms with Crippen molar-refractivity contribution in [3.05, 3.63) is 53.2 Å². The molecule has 1 aliphatic rings. The Bertz CT molecular complexity index is 1210. The van der Waals surface area contributed by atoms with Crippen molar-refractivity contribution in [2.24, 2.45) is 7.05 Å². The second-order valence-corrected chi connectivity index (χ2v) is 9.48. The Morgan fingerprint density at radius 1 is 1.14 bits per heavy atom. The van der Waals surface area contributed by atoms with Gasteiger partial charge in [0.2, 0.25) is 0 Å². The fourth-order valence-electron chi connectivity index (χ4n) is 3.79. The van der Waals surface area contributed by atoms with Crippen LogP contribution in [0.5, 0.6) is 0 Å². The quantitative estimate of drug-likeness (QED) is 0.543. The highest BCUT2D eigenvalue weighted by Crippen LogP contribution is 2.39. The highest BCUT2D eigenvalue weighted by atomic mass is 32.1. The molecule has 0 saturated carbocycles. The molecule has 4 aromatic rings. The summed E-state index contributed by atoms with van der Waals surface area (Å²) in [5.41, 5.74) is 0.567. The molecule has 0 atom stereocenters. The molecular formula is C21H20N4O2S2. The molecule has 4 heterocycles. The van der Waals surface area contributed by atoms with Gasteiger partial charge in [0.25, 0.3) is 11.8 Å². The van der Waals surface area contributed by atoms with E-state index in [-0.39, 0.29) is 17.9 Å². The summed E-state index contributed by atoms with van der Waals surface area (Å²) in [5, 5.41) is 8.33. The number of hydrogen-bond acceptors (Lipinski definition) is 5. The van der Waals surface area contributed by atoms with Crippen LogP contribution in [0.15, 0.2) is 42.7 Å². The minimum Gasteiger partial charge on any atom is -0.349 e. The minimum atomic E-state index is -0.103. The summed E-state index contributed by atoms with van der Waals surface area (Å²) in [4.78, 5) is 28.0. The number of aromatic nitrogens is 2. The molecule has 2 amide bonds. The van der Waals surface area contributed by atoms with E-state index in [0.29, 0.717) is 18.7 Å². The monoisotopic (exact) mass is 424 g/mol. The maximum atomic E-state index is 13.0.